The van der Waals surface area contributed by atoms with Crippen molar-refractivity contribution in [1.29, 1.82) is 0 Å². The Labute approximate surface area is 106 Å². The fraction of sp³-hybridized carbons (Fsp3) is 0.833. The standard InChI is InChI=1S/C12H18O6/c1-3-5-7-15-9(11(13)17-7)10-12(14)18-8(16-10)6-4-2/h7-10H,3-6H2,1-2H3/t7-,8+,9-,10-/m1/s1. The van der Waals surface area contributed by atoms with E-state index in [1.165, 1.54) is 0 Å². The topological polar surface area (TPSA) is 71.1 Å². The summed E-state index contributed by atoms with van der Waals surface area (Å²) in [6.07, 6.45) is -0.238. The number of hydrogen-bond donors (Lipinski definition) is 0. The maximum absolute atomic E-state index is 11.6. The summed E-state index contributed by atoms with van der Waals surface area (Å²) >= 11 is 0. The predicted molar refractivity (Wildman–Crippen MR) is 59.3 cm³/mol. The summed E-state index contributed by atoms with van der Waals surface area (Å²) < 4.78 is 20.8. The van der Waals surface area contributed by atoms with Gasteiger partial charge in [0, 0.05) is 12.8 Å². The van der Waals surface area contributed by atoms with Crippen molar-refractivity contribution in [2.45, 2.75) is 64.3 Å². The lowest BCUT2D eigenvalue weighted by atomic mass is 10.2. The van der Waals surface area contributed by atoms with Crippen LogP contribution in [0.5, 0.6) is 0 Å². The van der Waals surface area contributed by atoms with Crippen molar-refractivity contribution < 1.29 is 28.5 Å². The molecule has 2 fully saturated rings. The number of rotatable bonds is 5. The molecule has 102 valence electrons. The molecule has 0 aromatic rings. The fourth-order valence-electron chi connectivity index (χ4n) is 2.00. The van der Waals surface area contributed by atoms with Crippen LogP contribution in [0.15, 0.2) is 0 Å². The first kappa shape index (κ1) is 13.3. The molecule has 0 spiro atoms. The molecule has 6 nitrogen and oxygen atoms in total. The summed E-state index contributed by atoms with van der Waals surface area (Å²) in [6.45, 7) is 3.92. The van der Waals surface area contributed by atoms with Crippen LogP contribution in [0.2, 0.25) is 0 Å². The fourth-order valence-corrected chi connectivity index (χ4v) is 2.00. The zero-order valence-electron chi connectivity index (χ0n) is 10.6. The molecule has 0 saturated carbocycles. The molecular weight excluding hydrogens is 240 g/mol. The Morgan fingerprint density at radius 2 is 1.22 bits per heavy atom. The molecule has 2 rings (SSSR count). The van der Waals surface area contributed by atoms with Gasteiger partial charge in [-0.3, -0.25) is 0 Å². The lowest BCUT2D eigenvalue weighted by Gasteiger charge is -2.11. The molecule has 18 heavy (non-hydrogen) atoms. The van der Waals surface area contributed by atoms with Crippen LogP contribution in [0, 0.1) is 0 Å². The maximum atomic E-state index is 11.6. The Hall–Kier alpha value is -1.14. The number of carbonyl (C=O) groups excluding carboxylic acids is 2. The van der Waals surface area contributed by atoms with Crippen molar-refractivity contribution in [3.8, 4) is 0 Å². The molecule has 0 N–H and O–H groups in total. The van der Waals surface area contributed by atoms with Gasteiger partial charge in [-0.25, -0.2) is 9.59 Å². The van der Waals surface area contributed by atoms with Gasteiger partial charge in [-0.1, -0.05) is 26.7 Å². The van der Waals surface area contributed by atoms with E-state index in [0.29, 0.717) is 12.8 Å². The van der Waals surface area contributed by atoms with Crippen LogP contribution in [0.25, 0.3) is 0 Å². The average Bonchev–Trinajstić information content (AvgIpc) is 2.83. The zero-order valence-corrected chi connectivity index (χ0v) is 10.6. The van der Waals surface area contributed by atoms with Gasteiger partial charge in [0.15, 0.2) is 12.2 Å². The van der Waals surface area contributed by atoms with Crippen LogP contribution >= 0.6 is 0 Å². The van der Waals surface area contributed by atoms with Gasteiger partial charge in [0.05, 0.1) is 0 Å². The lowest BCUT2D eigenvalue weighted by Crippen LogP contribution is -2.37. The van der Waals surface area contributed by atoms with Crippen molar-refractivity contribution in [1.82, 2.24) is 0 Å². The van der Waals surface area contributed by atoms with E-state index in [1.807, 2.05) is 13.8 Å². The van der Waals surface area contributed by atoms with E-state index in [-0.39, 0.29) is 0 Å². The minimum atomic E-state index is -0.990. The summed E-state index contributed by atoms with van der Waals surface area (Å²) in [7, 11) is 0. The number of ether oxygens (including phenoxy) is 4. The van der Waals surface area contributed by atoms with Gasteiger partial charge in [-0.15, -0.1) is 0 Å². The smallest absolute Gasteiger partial charge is 0.341 e. The Balaban J connectivity index is 1.95. The SMILES string of the molecule is CCC[C@@H]1OC(=O)[C@@H]([C@H]2O[C@@H](CCC)OC2=O)O1. The molecule has 6 heteroatoms. The maximum Gasteiger partial charge on any atom is 0.341 e. The summed E-state index contributed by atoms with van der Waals surface area (Å²) in [5, 5.41) is 0. The third kappa shape index (κ3) is 2.64. The first-order chi connectivity index (χ1) is 8.65. The highest BCUT2D eigenvalue weighted by Crippen LogP contribution is 2.27. The predicted octanol–water partition coefficient (Wildman–Crippen LogP) is 1.12. The third-order valence-corrected chi connectivity index (χ3v) is 2.88. The molecule has 0 amide bonds. The molecule has 0 aliphatic carbocycles. The normalized spacial score (nSPS) is 35.7. The van der Waals surface area contributed by atoms with Crippen LogP contribution in [-0.2, 0) is 28.5 Å². The molecule has 2 saturated heterocycles. The highest BCUT2D eigenvalue weighted by atomic mass is 16.8. The highest BCUT2D eigenvalue weighted by molar-refractivity contribution is 5.87. The summed E-state index contributed by atoms with van der Waals surface area (Å²) in [5.74, 6) is -1.10. The quantitative estimate of drug-likeness (QED) is 0.688. The highest BCUT2D eigenvalue weighted by Gasteiger charge is 2.50. The molecule has 0 aromatic heterocycles. The van der Waals surface area contributed by atoms with E-state index in [0.717, 1.165) is 12.8 Å². The minimum Gasteiger partial charge on any atom is -0.434 e. The molecule has 0 aromatic carbocycles. The average molecular weight is 258 g/mol. The van der Waals surface area contributed by atoms with Crippen LogP contribution in [0.3, 0.4) is 0 Å². The van der Waals surface area contributed by atoms with Crippen molar-refractivity contribution in [2.24, 2.45) is 0 Å². The largest absolute Gasteiger partial charge is 0.434 e. The van der Waals surface area contributed by atoms with Crippen LogP contribution < -0.4 is 0 Å². The van der Waals surface area contributed by atoms with Crippen LogP contribution in [0.1, 0.15) is 39.5 Å². The van der Waals surface area contributed by atoms with Gasteiger partial charge in [0.25, 0.3) is 0 Å². The first-order valence-corrected chi connectivity index (χ1v) is 6.37. The zero-order chi connectivity index (χ0) is 13.1. The van der Waals surface area contributed by atoms with E-state index < -0.39 is 36.7 Å². The lowest BCUT2D eigenvalue weighted by molar-refractivity contribution is -0.148. The van der Waals surface area contributed by atoms with Crippen LogP contribution in [-0.4, -0.2) is 36.7 Å². The number of esters is 2. The number of hydrogen-bond acceptors (Lipinski definition) is 6. The van der Waals surface area contributed by atoms with Gasteiger partial charge in [0.1, 0.15) is 0 Å². The van der Waals surface area contributed by atoms with Crippen molar-refractivity contribution in [3.05, 3.63) is 0 Å². The van der Waals surface area contributed by atoms with Gasteiger partial charge < -0.3 is 18.9 Å². The van der Waals surface area contributed by atoms with Crippen molar-refractivity contribution in [2.75, 3.05) is 0 Å². The molecular formula is C12H18O6. The van der Waals surface area contributed by atoms with Gasteiger partial charge in [-0.2, -0.15) is 0 Å². The monoisotopic (exact) mass is 258 g/mol. The van der Waals surface area contributed by atoms with Crippen LogP contribution in [0.4, 0.5) is 0 Å². The minimum absolute atomic E-state index is 0.549. The number of carbonyl (C=O) groups is 2. The summed E-state index contributed by atoms with van der Waals surface area (Å²) in [4.78, 5) is 23.2. The molecule has 0 unspecified atom stereocenters. The van der Waals surface area contributed by atoms with E-state index in [4.69, 9.17) is 18.9 Å². The molecule has 4 atom stereocenters. The Kier molecular flexibility index (Phi) is 4.19. The molecule has 2 heterocycles. The Morgan fingerprint density at radius 3 is 1.56 bits per heavy atom. The first-order valence-electron chi connectivity index (χ1n) is 6.37. The summed E-state index contributed by atoms with van der Waals surface area (Å²) in [6, 6.07) is 0. The van der Waals surface area contributed by atoms with E-state index in [1.54, 1.807) is 0 Å². The second kappa shape index (κ2) is 5.67. The van der Waals surface area contributed by atoms with Gasteiger partial charge in [0.2, 0.25) is 12.6 Å². The van der Waals surface area contributed by atoms with Crippen molar-refractivity contribution >= 4 is 11.9 Å². The van der Waals surface area contributed by atoms with E-state index >= 15 is 0 Å². The van der Waals surface area contributed by atoms with E-state index in [9.17, 15) is 9.59 Å². The number of cyclic esters (lactones) is 2. The second-order valence-electron chi connectivity index (χ2n) is 4.42. The summed E-state index contributed by atoms with van der Waals surface area (Å²) in [5.41, 5.74) is 0. The Bertz CT molecular complexity index is 297. The molecule has 0 radical (unpaired) electrons. The second-order valence-corrected chi connectivity index (χ2v) is 4.42. The molecule has 2 aliphatic heterocycles. The van der Waals surface area contributed by atoms with Crippen molar-refractivity contribution in [3.63, 3.8) is 0 Å². The molecule has 2 aliphatic rings. The molecule has 0 bridgehead atoms. The third-order valence-electron chi connectivity index (χ3n) is 2.88. The Morgan fingerprint density at radius 1 is 0.833 bits per heavy atom. The van der Waals surface area contributed by atoms with Gasteiger partial charge >= 0.3 is 11.9 Å². The van der Waals surface area contributed by atoms with E-state index in [2.05, 4.69) is 0 Å². The van der Waals surface area contributed by atoms with Gasteiger partial charge in [-0.05, 0) is 0 Å².